The van der Waals surface area contributed by atoms with Gasteiger partial charge in [-0.05, 0) is 18.6 Å². The molecule has 1 unspecified atom stereocenters. The Morgan fingerprint density at radius 1 is 1.25 bits per heavy atom. The Morgan fingerprint density at radius 3 is 1.94 bits per heavy atom. The van der Waals surface area contributed by atoms with Gasteiger partial charge in [-0.15, -0.1) is 0 Å². The number of carbonyl (C=O) groups is 1. The monoisotopic (exact) mass is 226 g/mol. The second-order valence-electron chi connectivity index (χ2n) is 3.47. The third kappa shape index (κ3) is 6.16. The van der Waals surface area contributed by atoms with Crippen LogP contribution >= 0.6 is 0 Å². The summed E-state index contributed by atoms with van der Waals surface area (Å²) in [6, 6.07) is 8.30. The topological polar surface area (TPSA) is 77.8 Å². The highest BCUT2D eigenvalue weighted by Crippen LogP contribution is 2.02. The summed E-state index contributed by atoms with van der Waals surface area (Å²) >= 11 is 0. The molecule has 0 amide bonds. The van der Waals surface area contributed by atoms with E-state index in [2.05, 4.69) is 0 Å². The van der Waals surface area contributed by atoms with Gasteiger partial charge in [0.15, 0.2) is 6.29 Å². The highest BCUT2D eigenvalue weighted by atomic mass is 16.5. The largest absolute Gasteiger partial charge is 0.478 e. The number of hydrogen-bond donors (Lipinski definition) is 3. The summed E-state index contributed by atoms with van der Waals surface area (Å²) in [5.41, 5.74) is 0.331. The van der Waals surface area contributed by atoms with E-state index in [0.29, 0.717) is 5.56 Å². The molecule has 4 nitrogen and oxygen atoms in total. The van der Waals surface area contributed by atoms with Gasteiger partial charge in [-0.2, -0.15) is 0 Å². The third-order valence-electron chi connectivity index (χ3n) is 2.17. The van der Waals surface area contributed by atoms with E-state index in [1.807, 2.05) is 6.92 Å². The molecule has 0 fully saturated rings. The number of rotatable bonds is 3. The molecule has 0 aliphatic rings. The molecule has 0 aliphatic heterocycles. The van der Waals surface area contributed by atoms with E-state index in [0.717, 1.165) is 6.42 Å². The molecule has 0 aromatic heterocycles. The van der Waals surface area contributed by atoms with E-state index in [1.165, 1.54) is 0 Å². The van der Waals surface area contributed by atoms with Crippen molar-refractivity contribution in [2.45, 2.75) is 26.6 Å². The summed E-state index contributed by atoms with van der Waals surface area (Å²) in [4.78, 5) is 10.2. The first kappa shape index (κ1) is 14.6. The fourth-order valence-electron chi connectivity index (χ4n) is 0.792. The van der Waals surface area contributed by atoms with Crippen molar-refractivity contribution in [1.82, 2.24) is 0 Å². The number of aliphatic hydroxyl groups excluding tert-OH is 1. The number of aliphatic hydroxyl groups is 2. The van der Waals surface area contributed by atoms with E-state index in [1.54, 1.807) is 37.3 Å². The lowest BCUT2D eigenvalue weighted by atomic mass is 10.1. The molecule has 0 saturated carbocycles. The van der Waals surface area contributed by atoms with Crippen LogP contribution in [0.15, 0.2) is 30.3 Å². The Morgan fingerprint density at radius 2 is 1.75 bits per heavy atom. The molecule has 1 aromatic rings. The van der Waals surface area contributed by atoms with Crippen LogP contribution in [0.3, 0.4) is 0 Å². The summed E-state index contributed by atoms with van der Waals surface area (Å²) in [6.45, 7) is 3.72. The number of carboxylic acid groups (broad SMARTS) is 1. The molecule has 1 aromatic carbocycles. The smallest absolute Gasteiger partial charge is 0.335 e. The summed E-state index contributed by atoms with van der Waals surface area (Å²) in [6.07, 6.45) is -0.317. The fourth-order valence-corrected chi connectivity index (χ4v) is 0.792. The number of hydrogen-bond acceptors (Lipinski definition) is 3. The Labute approximate surface area is 95.2 Å². The van der Waals surface area contributed by atoms with Crippen LogP contribution in [0, 0.1) is 5.92 Å². The van der Waals surface area contributed by atoms with E-state index < -0.39 is 12.3 Å². The zero-order valence-electron chi connectivity index (χ0n) is 9.50. The molecule has 0 heterocycles. The van der Waals surface area contributed by atoms with Gasteiger partial charge in [0.2, 0.25) is 0 Å². The molecule has 1 rings (SSSR count). The van der Waals surface area contributed by atoms with E-state index in [-0.39, 0.29) is 5.92 Å². The van der Waals surface area contributed by atoms with Crippen molar-refractivity contribution in [2.75, 3.05) is 0 Å². The molecule has 90 valence electrons. The van der Waals surface area contributed by atoms with Crippen LogP contribution in [-0.2, 0) is 0 Å². The van der Waals surface area contributed by atoms with Gasteiger partial charge in [0.1, 0.15) is 0 Å². The van der Waals surface area contributed by atoms with Crippen LogP contribution in [-0.4, -0.2) is 27.6 Å². The number of carboxylic acids is 1. The SMILES string of the molecule is CCC(C)C(O)O.O=C(O)c1ccccc1. The molecule has 16 heavy (non-hydrogen) atoms. The van der Waals surface area contributed by atoms with Crippen LogP contribution in [0.2, 0.25) is 0 Å². The van der Waals surface area contributed by atoms with Crippen LogP contribution in [0.4, 0.5) is 0 Å². The molecular formula is C12H18O4. The second kappa shape index (κ2) is 7.84. The van der Waals surface area contributed by atoms with Crippen molar-refractivity contribution in [1.29, 1.82) is 0 Å². The minimum atomic E-state index is -1.13. The fraction of sp³-hybridized carbons (Fsp3) is 0.417. The first-order valence-corrected chi connectivity index (χ1v) is 5.13. The quantitative estimate of drug-likeness (QED) is 0.686. The predicted molar refractivity (Wildman–Crippen MR) is 61.1 cm³/mol. The summed E-state index contributed by atoms with van der Waals surface area (Å²) < 4.78 is 0. The Hall–Kier alpha value is -1.39. The Kier molecular flexibility index (Phi) is 7.16. The maximum absolute atomic E-state index is 10.2. The third-order valence-corrected chi connectivity index (χ3v) is 2.17. The second-order valence-corrected chi connectivity index (χ2v) is 3.47. The lowest BCUT2D eigenvalue weighted by Crippen LogP contribution is -2.14. The van der Waals surface area contributed by atoms with Crippen LogP contribution < -0.4 is 0 Å². The minimum Gasteiger partial charge on any atom is -0.478 e. The van der Waals surface area contributed by atoms with Crippen molar-refractivity contribution < 1.29 is 20.1 Å². The summed E-state index contributed by atoms with van der Waals surface area (Å²) in [5.74, 6) is -0.865. The Balaban J connectivity index is 0.000000293. The van der Waals surface area contributed by atoms with Crippen molar-refractivity contribution in [3.63, 3.8) is 0 Å². The van der Waals surface area contributed by atoms with Crippen molar-refractivity contribution in [2.24, 2.45) is 5.92 Å². The lowest BCUT2D eigenvalue weighted by molar-refractivity contribution is -0.0790. The van der Waals surface area contributed by atoms with Gasteiger partial charge in [-0.1, -0.05) is 32.0 Å². The summed E-state index contributed by atoms with van der Waals surface area (Å²) in [5, 5.41) is 25.1. The molecule has 0 saturated heterocycles. The van der Waals surface area contributed by atoms with Crippen LogP contribution in [0.25, 0.3) is 0 Å². The van der Waals surface area contributed by atoms with Gasteiger partial charge >= 0.3 is 5.97 Å². The predicted octanol–water partition coefficient (Wildman–Crippen LogP) is 1.73. The van der Waals surface area contributed by atoms with Gasteiger partial charge in [0, 0.05) is 5.92 Å². The maximum atomic E-state index is 10.2. The van der Waals surface area contributed by atoms with Crippen LogP contribution in [0.5, 0.6) is 0 Å². The maximum Gasteiger partial charge on any atom is 0.335 e. The standard InChI is InChI=1S/C7H6O2.C5H12O2/c8-7(9)6-4-2-1-3-5-6;1-3-4(2)5(6)7/h1-5H,(H,8,9);4-7H,3H2,1-2H3. The highest BCUT2D eigenvalue weighted by Gasteiger charge is 2.05. The first-order chi connectivity index (χ1) is 7.49. The summed E-state index contributed by atoms with van der Waals surface area (Å²) in [7, 11) is 0. The molecule has 1 atom stereocenters. The van der Waals surface area contributed by atoms with E-state index >= 15 is 0 Å². The van der Waals surface area contributed by atoms with Gasteiger partial charge in [-0.25, -0.2) is 4.79 Å². The van der Waals surface area contributed by atoms with Gasteiger partial charge in [-0.3, -0.25) is 0 Å². The van der Waals surface area contributed by atoms with Crippen molar-refractivity contribution >= 4 is 5.97 Å². The van der Waals surface area contributed by atoms with E-state index in [9.17, 15) is 4.79 Å². The molecule has 4 heteroatoms. The molecular weight excluding hydrogens is 208 g/mol. The average molecular weight is 226 g/mol. The number of aromatic carboxylic acids is 1. The Bertz CT molecular complexity index is 295. The zero-order valence-corrected chi connectivity index (χ0v) is 9.50. The highest BCUT2D eigenvalue weighted by molar-refractivity contribution is 5.87. The van der Waals surface area contributed by atoms with Crippen LogP contribution in [0.1, 0.15) is 30.6 Å². The normalized spacial score (nSPS) is 11.6. The number of benzene rings is 1. The lowest BCUT2D eigenvalue weighted by Gasteiger charge is -2.08. The molecule has 0 bridgehead atoms. The molecule has 0 aliphatic carbocycles. The van der Waals surface area contributed by atoms with Crippen molar-refractivity contribution in [3.8, 4) is 0 Å². The van der Waals surface area contributed by atoms with Gasteiger partial charge < -0.3 is 15.3 Å². The molecule has 0 radical (unpaired) electrons. The zero-order chi connectivity index (χ0) is 12.6. The minimum absolute atomic E-state index is 0.0139. The average Bonchev–Trinajstić information content (AvgIpc) is 2.29. The van der Waals surface area contributed by atoms with Gasteiger partial charge in [0.05, 0.1) is 5.56 Å². The first-order valence-electron chi connectivity index (χ1n) is 5.13. The molecule has 0 spiro atoms. The van der Waals surface area contributed by atoms with E-state index in [4.69, 9.17) is 15.3 Å². The van der Waals surface area contributed by atoms with Gasteiger partial charge in [0.25, 0.3) is 0 Å². The van der Waals surface area contributed by atoms with Crippen molar-refractivity contribution in [3.05, 3.63) is 35.9 Å². The molecule has 3 N–H and O–H groups in total.